The maximum Gasteiger partial charge on any atom is 0.0868 e. The Morgan fingerprint density at radius 2 is 2.60 bits per heavy atom. The van der Waals surface area contributed by atoms with Crippen LogP contribution in [0.3, 0.4) is 0 Å². The van der Waals surface area contributed by atoms with E-state index in [2.05, 4.69) is 23.2 Å². The third-order valence-electron chi connectivity index (χ3n) is 2.02. The van der Waals surface area contributed by atoms with E-state index in [1.54, 1.807) is 0 Å². The van der Waals surface area contributed by atoms with Gasteiger partial charge in [-0.05, 0) is 19.4 Å². The van der Waals surface area contributed by atoms with Crippen molar-refractivity contribution in [2.75, 3.05) is 13.1 Å². The summed E-state index contributed by atoms with van der Waals surface area (Å²) in [5, 5.41) is 3.00. The molecule has 1 rings (SSSR count). The molecule has 0 spiro atoms. The molecule has 1 saturated heterocycles. The van der Waals surface area contributed by atoms with E-state index in [9.17, 15) is 0 Å². The van der Waals surface area contributed by atoms with Crippen molar-refractivity contribution in [3.8, 4) is 12.5 Å². The monoisotopic (exact) mass is 138 g/mol. The van der Waals surface area contributed by atoms with Crippen molar-refractivity contribution < 1.29 is 0 Å². The normalized spacial score (nSPS) is 26.2. The average molecular weight is 138 g/mol. The topological polar surface area (TPSA) is 15.3 Å². The van der Waals surface area contributed by atoms with Crippen LogP contribution in [0.1, 0.15) is 19.8 Å². The number of nitrogens with one attached hydrogen (secondary N) is 1. The van der Waals surface area contributed by atoms with Crippen LogP contribution in [0.5, 0.6) is 0 Å². The molecule has 2 heteroatoms. The molecule has 1 aliphatic rings. The second kappa shape index (κ2) is 3.48. The smallest absolute Gasteiger partial charge is 0.0868 e. The molecule has 1 fully saturated rings. The van der Waals surface area contributed by atoms with Crippen molar-refractivity contribution in [3.05, 3.63) is 0 Å². The van der Waals surface area contributed by atoms with Gasteiger partial charge in [-0.2, -0.15) is 0 Å². The summed E-state index contributed by atoms with van der Waals surface area (Å²) in [6.07, 6.45) is 8.04. The van der Waals surface area contributed by atoms with Crippen molar-refractivity contribution in [2.45, 2.75) is 25.9 Å². The summed E-state index contributed by atoms with van der Waals surface area (Å²) in [6.45, 7) is 4.45. The minimum absolute atomic E-state index is 0.440. The van der Waals surface area contributed by atoms with Gasteiger partial charge in [0.2, 0.25) is 0 Å². The highest BCUT2D eigenvalue weighted by Gasteiger charge is 2.20. The van der Waals surface area contributed by atoms with Gasteiger partial charge in [-0.1, -0.05) is 13.3 Å². The fourth-order valence-corrected chi connectivity index (χ4v) is 1.46. The first kappa shape index (κ1) is 7.43. The highest BCUT2D eigenvalue weighted by molar-refractivity contribution is 4.87. The molecule has 10 heavy (non-hydrogen) atoms. The van der Waals surface area contributed by atoms with E-state index in [-0.39, 0.29) is 0 Å². The lowest BCUT2D eigenvalue weighted by Crippen LogP contribution is -2.38. The second-order valence-electron chi connectivity index (χ2n) is 2.58. The van der Waals surface area contributed by atoms with Crippen LogP contribution in [0.25, 0.3) is 0 Å². The minimum atomic E-state index is 0.440. The van der Waals surface area contributed by atoms with E-state index in [4.69, 9.17) is 6.42 Å². The molecule has 1 atom stereocenters. The van der Waals surface area contributed by atoms with Crippen molar-refractivity contribution in [2.24, 2.45) is 0 Å². The number of terminal acetylenes is 1. The summed E-state index contributed by atoms with van der Waals surface area (Å²) in [5.74, 6) is 0. The third-order valence-corrected chi connectivity index (χ3v) is 2.02. The van der Waals surface area contributed by atoms with Gasteiger partial charge in [-0.25, -0.2) is 0 Å². The fourth-order valence-electron chi connectivity index (χ4n) is 1.46. The molecule has 2 nitrogen and oxygen atoms in total. The molecule has 0 aromatic rings. The number of rotatable bonds is 2. The second-order valence-corrected chi connectivity index (χ2v) is 2.58. The zero-order chi connectivity index (χ0) is 7.40. The number of nitrogens with zero attached hydrogens (tertiary/aromatic N) is 1. The van der Waals surface area contributed by atoms with Crippen LogP contribution in [-0.4, -0.2) is 24.2 Å². The largest absolute Gasteiger partial charge is 0.330 e. The molecule has 1 unspecified atom stereocenters. The predicted molar refractivity (Wildman–Crippen MR) is 42.2 cm³/mol. The van der Waals surface area contributed by atoms with Gasteiger partial charge < -0.3 is 5.32 Å². The number of hydrogen-bond donors (Lipinski definition) is 1. The minimum Gasteiger partial charge on any atom is -0.330 e. The average Bonchev–Trinajstić information content (AvgIpc) is 2.36. The van der Waals surface area contributed by atoms with Crippen LogP contribution in [-0.2, 0) is 0 Å². The van der Waals surface area contributed by atoms with Crippen LogP contribution in [0, 0.1) is 12.5 Å². The van der Waals surface area contributed by atoms with E-state index >= 15 is 0 Å². The molecule has 56 valence electrons. The first-order valence-corrected chi connectivity index (χ1v) is 3.83. The predicted octanol–water partition coefficient (Wildman–Crippen LogP) is 0.609. The van der Waals surface area contributed by atoms with Gasteiger partial charge in [-0.3, -0.25) is 4.90 Å². The summed E-state index contributed by atoms with van der Waals surface area (Å²) in [7, 11) is 0. The molecule has 0 saturated carbocycles. The van der Waals surface area contributed by atoms with Gasteiger partial charge in [0, 0.05) is 12.6 Å². The van der Waals surface area contributed by atoms with Gasteiger partial charge in [0.15, 0.2) is 0 Å². The standard InChI is InChI=1S/C8H14N2/c1-3-9-8-6-5-7-10(8)4-2/h1,8-9H,4-7H2,2H3. The Labute approximate surface area is 62.6 Å². The molecule has 0 aromatic heterocycles. The SMILES string of the molecule is C#CNC1CCCN1CC. The Bertz CT molecular complexity index is 137. The van der Waals surface area contributed by atoms with Crippen molar-refractivity contribution in [1.82, 2.24) is 10.2 Å². The van der Waals surface area contributed by atoms with Crippen LogP contribution < -0.4 is 5.32 Å². The zero-order valence-electron chi connectivity index (χ0n) is 6.43. The lowest BCUT2D eigenvalue weighted by Gasteiger charge is -2.21. The first-order chi connectivity index (χ1) is 4.88. The number of hydrogen-bond acceptors (Lipinski definition) is 2. The Morgan fingerprint density at radius 3 is 3.20 bits per heavy atom. The maximum absolute atomic E-state index is 5.14. The first-order valence-electron chi connectivity index (χ1n) is 3.83. The summed E-state index contributed by atoms with van der Waals surface area (Å²) in [4.78, 5) is 2.36. The van der Waals surface area contributed by atoms with Crippen LogP contribution in [0.4, 0.5) is 0 Å². The van der Waals surface area contributed by atoms with Crippen LogP contribution in [0.15, 0.2) is 0 Å². The molecule has 1 aliphatic heterocycles. The van der Waals surface area contributed by atoms with E-state index < -0.39 is 0 Å². The molecular weight excluding hydrogens is 124 g/mol. The maximum atomic E-state index is 5.14. The zero-order valence-corrected chi connectivity index (χ0v) is 6.43. The van der Waals surface area contributed by atoms with E-state index in [0.717, 1.165) is 6.54 Å². The Morgan fingerprint density at radius 1 is 1.80 bits per heavy atom. The van der Waals surface area contributed by atoms with Gasteiger partial charge in [0.25, 0.3) is 0 Å². The van der Waals surface area contributed by atoms with Crippen LogP contribution >= 0.6 is 0 Å². The summed E-state index contributed by atoms with van der Waals surface area (Å²) in [6, 6.07) is 2.48. The van der Waals surface area contributed by atoms with Crippen molar-refractivity contribution >= 4 is 0 Å². The van der Waals surface area contributed by atoms with Gasteiger partial charge in [-0.15, -0.1) is 0 Å². The molecule has 1 N–H and O–H groups in total. The molecule has 0 bridgehead atoms. The van der Waals surface area contributed by atoms with E-state index in [1.165, 1.54) is 19.4 Å². The lowest BCUT2D eigenvalue weighted by atomic mass is 10.3. The third kappa shape index (κ3) is 1.43. The molecule has 0 radical (unpaired) electrons. The van der Waals surface area contributed by atoms with Crippen molar-refractivity contribution in [3.63, 3.8) is 0 Å². The highest BCUT2D eigenvalue weighted by atomic mass is 15.3. The summed E-state index contributed by atoms with van der Waals surface area (Å²) < 4.78 is 0. The Hall–Kier alpha value is -0.680. The van der Waals surface area contributed by atoms with E-state index in [0.29, 0.717) is 6.17 Å². The molecule has 1 heterocycles. The Kier molecular flexibility index (Phi) is 2.58. The van der Waals surface area contributed by atoms with Gasteiger partial charge in [0.1, 0.15) is 0 Å². The highest BCUT2D eigenvalue weighted by Crippen LogP contribution is 2.12. The molecule has 0 aliphatic carbocycles. The molecular formula is C8H14N2. The van der Waals surface area contributed by atoms with Crippen LogP contribution in [0.2, 0.25) is 0 Å². The lowest BCUT2D eigenvalue weighted by molar-refractivity contribution is 0.250. The Balaban J connectivity index is 2.36. The van der Waals surface area contributed by atoms with E-state index in [1.807, 2.05) is 0 Å². The fraction of sp³-hybridized carbons (Fsp3) is 0.750. The summed E-state index contributed by atoms with van der Waals surface area (Å²) in [5.41, 5.74) is 0. The molecule has 0 amide bonds. The molecule has 0 aromatic carbocycles. The quantitative estimate of drug-likeness (QED) is 0.444. The summed E-state index contributed by atoms with van der Waals surface area (Å²) >= 11 is 0. The number of likely N-dealkylation sites (tertiary alicyclic amines) is 1. The van der Waals surface area contributed by atoms with Gasteiger partial charge >= 0.3 is 0 Å². The van der Waals surface area contributed by atoms with Crippen molar-refractivity contribution in [1.29, 1.82) is 0 Å². The van der Waals surface area contributed by atoms with Gasteiger partial charge in [0.05, 0.1) is 6.17 Å².